The zero-order valence-corrected chi connectivity index (χ0v) is 18.9. The van der Waals surface area contributed by atoms with Crippen LogP contribution < -0.4 is 5.32 Å². The van der Waals surface area contributed by atoms with Crippen molar-refractivity contribution in [1.29, 1.82) is 5.26 Å². The van der Waals surface area contributed by atoms with Gasteiger partial charge in [-0.1, -0.05) is 36.4 Å². The van der Waals surface area contributed by atoms with E-state index in [1.807, 2.05) is 48.5 Å². The number of nitriles is 1. The second-order valence-corrected chi connectivity index (χ2v) is 8.82. The van der Waals surface area contributed by atoms with E-state index in [-0.39, 0.29) is 18.6 Å². The van der Waals surface area contributed by atoms with Crippen LogP contribution >= 0.6 is 11.3 Å². The lowest BCUT2D eigenvalue weighted by Crippen LogP contribution is -2.36. The van der Waals surface area contributed by atoms with Gasteiger partial charge in [0.25, 0.3) is 0 Å². The average molecular weight is 461 g/mol. The molecule has 8 heteroatoms. The number of rotatable bonds is 7. The van der Waals surface area contributed by atoms with Crippen LogP contribution in [0.25, 0.3) is 0 Å². The van der Waals surface area contributed by atoms with Crippen molar-refractivity contribution in [1.82, 2.24) is 9.88 Å². The van der Waals surface area contributed by atoms with Crippen LogP contribution in [0.5, 0.6) is 0 Å². The second-order valence-electron chi connectivity index (χ2n) is 7.71. The molecule has 1 N–H and O–H groups in total. The normalized spacial score (nSPS) is 12.5. The third-order valence-corrected chi connectivity index (χ3v) is 6.61. The van der Waals surface area contributed by atoms with Gasteiger partial charge in [-0.15, -0.1) is 11.3 Å². The zero-order valence-electron chi connectivity index (χ0n) is 18.1. The fourth-order valence-electron chi connectivity index (χ4n) is 3.74. The molecule has 1 aliphatic heterocycles. The lowest BCUT2D eigenvalue weighted by Gasteiger charge is -2.26. The summed E-state index contributed by atoms with van der Waals surface area (Å²) in [7, 11) is 0. The van der Waals surface area contributed by atoms with E-state index in [9.17, 15) is 14.9 Å². The number of aromatic nitrogens is 1. The van der Waals surface area contributed by atoms with E-state index < -0.39 is 0 Å². The van der Waals surface area contributed by atoms with Crippen molar-refractivity contribution in [2.45, 2.75) is 32.2 Å². The van der Waals surface area contributed by atoms with Crippen molar-refractivity contribution in [3.05, 3.63) is 82.0 Å². The van der Waals surface area contributed by atoms with Gasteiger partial charge in [0.15, 0.2) is 0 Å². The van der Waals surface area contributed by atoms with Gasteiger partial charge in [-0.05, 0) is 36.1 Å². The molecule has 3 aromatic rings. The molecule has 0 saturated carbocycles. The highest BCUT2D eigenvalue weighted by Crippen LogP contribution is 2.36. The Labute approximate surface area is 196 Å². The molecule has 1 aliphatic rings. The van der Waals surface area contributed by atoms with Gasteiger partial charge < -0.3 is 15.0 Å². The average Bonchev–Trinajstić information content (AvgIpc) is 3.20. The lowest BCUT2D eigenvalue weighted by atomic mass is 10.0. The van der Waals surface area contributed by atoms with Crippen LogP contribution in [0.15, 0.2) is 54.7 Å². The summed E-state index contributed by atoms with van der Waals surface area (Å²) in [5.41, 5.74) is 3.39. The van der Waals surface area contributed by atoms with Gasteiger partial charge in [-0.25, -0.2) is 4.79 Å². The Kier molecular flexibility index (Phi) is 7.33. The van der Waals surface area contributed by atoms with Crippen molar-refractivity contribution in [2.24, 2.45) is 0 Å². The molecule has 2 aromatic heterocycles. The molecule has 0 atom stereocenters. The third kappa shape index (κ3) is 5.76. The summed E-state index contributed by atoms with van der Waals surface area (Å²) in [6.45, 7) is 1.11. The molecule has 0 spiro atoms. The van der Waals surface area contributed by atoms with Crippen molar-refractivity contribution < 1.29 is 14.3 Å². The third-order valence-electron chi connectivity index (χ3n) is 5.47. The van der Waals surface area contributed by atoms with Crippen LogP contribution in [0.2, 0.25) is 0 Å². The zero-order chi connectivity index (χ0) is 23.0. The molecule has 2 amide bonds. The molecule has 3 heterocycles. The largest absolute Gasteiger partial charge is 0.449 e. The van der Waals surface area contributed by atoms with E-state index in [4.69, 9.17) is 4.74 Å². The number of hydrogen-bond acceptors (Lipinski definition) is 6. The second kappa shape index (κ2) is 10.7. The van der Waals surface area contributed by atoms with Gasteiger partial charge in [0.2, 0.25) is 5.91 Å². The van der Waals surface area contributed by atoms with Crippen LogP contribution in [-0.4, -0.2) is 35.0 Å². The van der Waals surface area contributed by atoms with Gasteiger partial charge in [0.1, 0.15) is 11.1 Å². The number of fused-ring (bicyclic) bond motifs is 1. The summed E-state index contributed by atoms with van der Waals surface area (Å²) >= 11 is 1.36. The van der Waals surface area contributed by atoms with E-state index >= 15 is 0 Å². The fraction of sp³-hybridized carbons (Fsp3) is 0.280. The standard InChI is InChI=1S/C25H24N4O3S/c26-16-21-20-11-14-29(25(31)32-15-12-19-8-4-5-13-27-19)17-22(20)33-24(21)28-23(30)10-9-18-6-2-1-3-7-18/h1-8,13H,9-12,14-15,17H2,(H,28,30). The topological polar surface area (TPSA) is 95.3 Å². The molecule has 0 saturated heterocycles. The first-order valence-corrected chi connectivity index (χ1v) is 11.7. The number of thiophene rings is 1. The maximum absolute atomic E-state index is 12.5. The highest BCUT2D eigenvalue weighted by Gasteiger charge is 2.28. The molecule has 4 rings (SSSR count). The van der Waals surface area contributed by atoms with Gasteiger partial charge >= 0.3 is 6.09 Å². The van der Waals surface area contributed by atoms with Gasteiger partial charge in [0, 0.05) is 36.2 Å². The Bertz CT molecular complexity index is 1160. The number of carbonyl (C=O) groups is 2. The van der Waals surface area contributed by atoms with Crippen LogP contribution in [-0.2, 0) is 35.3 Å². The minimum Gasteiger partial charge on any atom is -0.449 e. The fourth-order valence-corrected chi connectivity index (χ4v) is 4.97. The predicted octanol–water partition coefficient (Wildman–Crippen LogP) is 4.32. The summed E-state index contributed by atoms with van der Waals surface area (Å²) in [5, 5.41) is 13.1. The van der Waals surface area contributed by atoms with E-state index in [0.29, 0.717) is 49.3 Å². The minimum absolute atomic E-state index is 0.125. The summed E-state index contributed by atoms with van der Waals surface area (Å²) in [4.78, 5) is 31.8. The molecule has 0 radical (unpaired) electrons. The van der Waals surface area contributed by atoms with E-state index in [0.717, 1.165) is 21.7 Å². The summed E-state index contributed by atoms with van der Waals surface area (Å²) in [6.07, 6.45) is 3.43. The van der Waals surface area contributed by atoms with Crippen molar-refractivity contribution >= 4 is 28.3 Å². The summed E-state index contributed by atoms with van der Waals surface area (Å²) < 4.78 is 5.42. The van der Waals surface area contributed by atoms with Crippen LogP contribution in [0, 0.1) is 11.3 Å². The quantitative estimate of drug-likeness (QED) is 0.566. The smallest absolute Gasteiger partial charge is 0.410 e. The lowest BCUT2D eigenvalue weighted by molar-refractivity contribution is -0.116. The predicted molar refractivity (Wildman–Crippen MR) is 126 cm³/mol. The first-order chi connectivity index (χ1) is 16.1. The van der Waals surface area contributed by atoms with Crippen molar-refractivity contribution in [3.8, 4) is 6.07 Å². The minimum atomic E-state index is -0.378. The number of pyridine rings is 1. The summed E-state index contributed by atoms with van der Waals surface area (Å²) in [5.74, 6) is -0.125. The molecule has 33 heavy (non-hydrogen) atoms. The number of nitrogens with one attached hydrogen (secondary N) is 1. The number of carbonyl (C=O) groups excluding carboxylic acids is 2. The van der Waals surface area contributed by atoms with Gasteiger partial charge in [-0.3, -0.25) is 9.78 Å². The van der Waals surface area contributed by atoms with Crippen LogP contribution in [0.4, 0.5) is 9.80 Å². The van der Waals surface area contributed by atoms with E-state index in [1.165, 1.54) is 11.3 Å². The van der Waals surface area contributed by atoms with E-state index in [1.54, 1.807) is 11.1 Å². The van der Waals surface area contributed by atoms with Gasteiger partial charge in [-0.2, -0.15) is 5.26 Å². The van der Waals surface area contributed by atoms with Crippen molar-refractivity contribution in [3.63, 3.8) is 0 Å². The maximum Gasteiger partial charge on any atom is 0.410 e. The van der Waals surface area contributed by atoms with Crippen LogP contribution in [0.3, 0.4) is 0 Å². The molecule has 0 aliphatic carbocycles. The first-order valence-electron chi connectivity index (χ1n) is 10.8. The Balaban J connectivity index is 1.33. The summed E-state index contributed by atoms with van der Waals surface area (Å²) in [6, 6.07) is 17.7. The molecular formula is C25H24N4O3S. The molecule has 7 nitrogen and oxygen atoms in total. The molecule has 1 aromatic carbocycles. The number of hydrogen-bond donors (Lipinski definition) is 1. The maximum atomic E-state index is 12.5. The Morgan fingerprint density at radius 2 is 1.97 bits per heavy atom. The number of anilines is 1. The van der Waals surface area contributed by atoms with Crippen molar-refractivity contribution in [2.75, 3.05) is 18.5 Å². The number of amides is 2. The monoisotopic (exact) mass is 460 g/mol. The van der Waals surface area contributed by atoms with Gasteiger partial charge in [0.05, 0.1) is 18.7 Å². The molecule has 0 unspecified atom stereocenters. The first kappa shape index (κ1) is 22.5. The van der Waals surface area contributed by atoms with E-state index in [2.05, 4.69) is 16.4 Å². The SMILES string of the molecule is N#Cc1c(NC(=O)CCc2ccccc2)sc2c1CCN(C(=O)OCCc1ccccn1)C2. The number of benzene rings is 1. The highest BCUT2D eigenvalue weighted by atomic mass is 32.1. The molecule has 0 bridgehead atoms. The molecule has 168 valence electrons. The Morgan fingerprint density at radius 1 is 1.15 bits per heavy atom. The highest BCUT2D eigenvalue weighted by molar-refractivity contribution is 7.16. The van der Waals surface area contributed by atoms with Crippen LogP contribution in [0.1, 0.15) is 33.7 Å². The Hall–Kier alpha value is -3.70. The Morgan fingerprint density at radius 3 is 2.73 bits per heavy atom. The number of aryl methyl sites for hydroxylation is 1. The number of ether oxygens (including phenoxy) is 1. The molecule has 0 fully saturated rings. The number of nitrogens with zero attached hydrogens (tertiary/aromatic N) is 3. The molecular weight excluding hydrogens is 436 g/mol.